The van der Waals surface area contributed by atoms with Crippen LogP contribution in [0.4, 0.5) is 0 Å². The third-order valence-corrected chi connectivity index (χ3v) is 4.13. The van der Waals surface area contributed by atoms with E-state index in [1.807, 2.05) is 24.3 Å². The Hall–Kier alpha value is -0.570. The van der Waals surface area contributed by atoms with Crippen molar-refractivity contribution in [2.24, 2.45) is 5.92 Å². The molecule has 1 aromatic rings. The maximum Gasteiger partial charge on any atom is 0.0717 e. The summed E-state index contributed by atoms with van der Waals surface area (Å²) in [5.74, 6) is 0.916. The molecule has 0 unspecified atom stereocenters. The van der Waals surface area contributed by atoms with E-state index in [2.05, 4.69) is 12.2 Å². The molecule has 0 saturated heterocycles. The van der Waals surface area contributed by atoms with Crippen LogP contribution in [-0.2, 0) is 11.3 Å². The van der Waals surface area contributed by atoms with E-state index in [9.17, 15) is 0 Å². The number of ether oxygens (including phenoxy) is 1. The van der Waals surface area contributed by atoms with Gasteiger partial charge in [-0.15, -0.1) is 0 Å². The standard InChI is InChI=1S/C16H24ClNO/c1-13-2-8-16(9-3-13)18-10-11-19-12-14-4-6-15(17)7-5-14/h4-7,13,16,18H,2-3,8-12H2,1H3. The van der Waals surface area contributed by atoms with Crippen LogP contribution in [0.5, 0.6) is 0 Å². The number of benzene rings is 1. The van der Waals surface area contributed by atoms with Crippen molar-refractivity contribution in [2.75, 3.05) is 13.2 Å². The molecule has 0 amide bonds. The lowest BCUT2D eigenvalue weighted by molar-refractivity contribution is 0.118. The number of rotatable bonds is 6. The van der Waals surface area contributed by atoms with Crippen LogP contribution in [0.3, 0.4) is 0 Å². The lowest BCUT2D eigenvalue weighted by Gasteiger charge is -2.26. The third kappa shape index (κ3) is 5.52. The number of halogens is 1. The van der Waals surface area contributed by atoms with E-state index in [1.54, 1.807) is 0 Å². The van der Waals surface area contributed by atoms with E-state index in [0.29, 0.717) is 12.6 Å². The Labute approximate surface area is 121 Å². The molecular formula is C16H24ClNO. The smallest absolute Gasteiger partial charge is 0.0717 e. The highest BCUT2D eigenvalue weighted by Gasteiger charge is 2.16. The van der Waals surface area contributed by atoms with Crippen molar-refractivity contribution in [1.29, 1.82) is 0 Å². The summed E-state index contributed by atoms with van der Waals surface area (Å²) in [6, 6.07) is 8.54. The fourth-order valence-corrected chi connectivity index (χ4v) is 2.70. The monoisotopic (exact) mass is 281 g/mol. The van der Waals surface area contributed by atoms with Gasteiger partial charge < -0.3 is 10.1 Å². The van der Waals surface area contributed by atoms with Crippen molar-refractivity contribution in [3.63, 3.8) is 0 Å². The van der Waals surface area contributed by atoms with E-state index >= 15 is 0 Å². The van der Waals surface area contributed by atoms with Crippen LogP contribution < -0.4 is 5.32 Å². The van der Waals surface area contributed by atoms with Crippen LogP contribution in [0.15, 0.2) is 24.3 Å². The average Bonchev–Trinajstić information content (AvgIpc) is 2.43. The number of hydrogen-bond acceptors (Lipinski definition) is 2. The molecule has 0 atom stereocenters. The minimum Gasteiger partial charge on any atom is -0.375 e. The summed E-state index contributed by atoms with van der Waals surface area (Å²) in [4.78, 5) is 0. The normalized spacial score (nSPS) is 23.5. The highest BCUT2D eigenvalue weighted by molar-refractivity contribution is 6.30. The van der Waals surface area contributed by atoms with Gasteiger partial charge in [0.25, 0.3) is 0 Å². The second-order valence-corrected chi connectivity index (χ2v) is 6.03. The molecule has 0 radical (unpaired) electrons. The van der Waals surface area contributed by atoms with Crippen molar-refractivity contribution in [3.05, 3.63) is 34.9 Å². The van der Waals surface area contributed by atoms with Crippen LogP contribution in [0.25, 0.3) is 0 Å². The molecule has 0 bridgehead atoms. The Morgan fingerprint density at radius 1 is 1.16 bits per heavy atom. The van der Waals surface area contributed by atoms with Gasteiger partial charge in [0.2, 0.25) is 0 Å². The van der Waals surface area contributed by atoms with E-state index in [-0.39, 0.29) is 0 Å². The first kappa shape index (κ1) is 14.8. The van der Waals surface area contributed by atoms with E-state index < -0.39 is 0 Å². The fraction of sp³-hybridized carbons (Fsp3) is 0.625. The summed E-state index contributed by atoms with van der Waals surface area (Å²) in [5.41, 5.74) is 1.18. The molecule has 19 heavy (non-hydrogen) atoms. The summed E-state index contributed by atoms with van der Waals surface area (Å²) in [7, 11) is 0. The van der Waals surface area contributed by atoms with Crippen LogP contribution in [0, 0.1) is 5.92 Å². The summed E-state index contributed by atoms with van der Waals surface area (Å²) in [6.45, 7) is 4.74. The molecule has 1 N–H and O–H groups in total. The van der Waals surface area contributed by atoms with Gasteiger partial charge >= 0.3 is 0 Å². The topological polar surface area (TPSA) is 21.3 Å². The first-order valence-electron chi connectivity index (χ1n) is 7.29. The van der Waals surface area contributed by atoms with Gasteiger partial charge in [-0.2, -0.15) is 0 Å². The van der Waals surface area contributed by atoms with Crippen molar-refractivity contribution in [2.45, 2.75) is 45.3 Å². The zero-order valence-electron chi connectivity index (χ0n) is 11.7. The maximum absolute atomic E-state index is 5.84. The molecule has 1 fully saturated rings. The molecule has 1 aromatic carbocycles. The first-order valence-corrected chi connectivity index (χ1v) is 7.67. The van der Waals surface area contributed by atoms with Gasteiger partial charge in [-0.05, 0) is 49.3 Å². The van der Waals surface area contributed by atoms with Gasteiger partial charge in [-0.25, -0.2) is 0 Å². The molecular weight excluding hydrogens is 258 g/mol. The van der Waals surface area contributed by atoms with Crippen molar-refractivity contribution < 1.29 is 4.74 Å². The van der Waals surface area contributed by atoms with Gasteiger partial charge in [-0.3, -0.25) is 0 Å². The Morgan fingerprint density at radius 3 is 2.53 bits per heavy atom. The highest BCUT2D eigenvalue weighted by atomic mass is 35.5. The molecule has 0 aromatic heterocycles. The third-order valence-electron chi connectivity index (χ3n) is 3.88. The average molecular weight is 282 g/mol. The molecule has 0 aliphatic heterocycles. The largest absolute Gasteiger partial charge is 0.375 e. The predicted octanol–water partition coefficient (Wildman–Crippen LogP) is 4.02. The highest BCUT2D eigenvalue weighted by Crippen LogP contribution is 2.23. The van der Waals surface area contributed by atoms with E-state index in [4.69, 9.17) is 16.3 Å². The molecule has 1 saturated carbocycles. The summed E-state index contributed by atoms with van der Waals surface area (Å²) in [6.07, 6.45) is 5.36. The second-order valence-electron chi connectivity index (χ2n) is 5.59. The minimum atomic E-state index is 0.667. The summed E-state index contributed by atoms with van der Waals surface area (Å²) in [5, 5.41) is 4.37. The second kappa shape index (κ2) is 7.88. The number of nitrogens with one attached hydrogen (secondary N) is 1. The van der Waals surface area contributed by atoms with Gasteiger partial charge in [0.15, 0.2) is 0 Å². The molecule has 3 heteroatoms. The first-order chi connectivity index (χ1) is 9.24. The lowest BCUT2D eigenvalue weighted by atomic mass is 9.87. The molecule has 1 aliphatic rings. The Morgan fingerprint density at radius 2 is 1.84 bits per heavy atom. The Bertz CT molecular complexity index is 358. The Kier molecular flexibility index (Phi) is 6.15. The van der Waals surface area contributed by atoms with Crippen molar-refractivity contribution in [1.82, 2.24) is 5.32 Å². The predicted molar refractivity (Wildman–Crippen MR) is 80.5 cm³/mol. The maximum atomic E-state index is 5.84. The van der Waals surface area contributed by atoms with Crippen molar-refractivity contribution >= 4 is 11.6 Å². The molecule has 0 spiro atoms. The SMILES string of the molecule is CC1CCC(NCCOCc2ccc(Cl)cc2)CC1. The number of hydrogen-bond donors (Lipinski definition) is 1. The summed E-state index contributed by atoms with van der Waals surface area (Å²) < 4.78 is 5.67. The van der Waals surface area contributed by atoms with Crippen LogP contribution in [0.2, 0.25) is 5.02 Å². The zero-order chi connectivity index (χ0) is 13.5. The molecule has 1 aliphatic carbocycles. The van der Waals surface area contributed by atoms with Crippen LogP contribution in [0.1, 0.15) is 38.2 Å². The van der Waals surface area contributed by atoms with E-state index in [0.717, 1.165) is 24.1 Å². The quantitative estimate of drug-likeness (QED) is 0.795. The molecule has 2 rings (SSSR count). The van der Waals surface area contributed by atoms with Crippen LogP contribution >= 0.6 is 11.6 Å². The van der Waals surface area contributed by atoms with Gasteiger partial charge in [0.05, 0.1) is 13.2 Å². The van der Waals surface area contributed by atoms with Crippen molar-refractivity contribution in [3.8, 4) is 0 Å². The Balaban J connectivity index is 1.53. The zero-order valence-corrected chi connectivity index (χ0v) is 12.5. The van der Waals surface area contributed by atoms with Gasteiger partial charge in [0, 0.05) is 17.6 Å². The fourth-order valence-electron chi connectivity index (χ4n) is 2.57. The van der Waals surface area contributed by atoms with Gasteiger partial charge in [-0.1, -0.05) is 30.7 Å². The summed E-state index contributed by atoms with van der Waals surface area (Å²) >= 11 is 5.84. The molecule has 106 valence electrons. The van der Waals surface area contributed by atoms with Gasteiger partial charge in [0.1, 0.15) is 0 Å². The van der Waals surface area contributed by atoms with E-state index in [1.165, 1.54) is 31.2 Å². The minimum absolute atomic E-state index is 0.667. The molecule has 2 nitrogen and oxygen atoms in total. The lowest BCUT2D eigenvalue weighted by Crippen LogP contribution is -2.34. The molecule has 0 heterocycles. The van der Waals surface area contributed by atoms with Crippen LogP contribution in [-0.4, -0.2) is 19.2 Å².